The van der Waals surface area contributed by atoms with Gasteiger partial charge in [0.1, 0.15) is 0 Å². The highest BCUT2D eigenvalue weighted by atomic mass is 16.1. The van der Waals surface area contributed by atoms with E-state index in [1.54, 1.807) is 0 Å². The Balaban J connectivity index is 1.41. The Kier molecular flexibility index (Phi) is 6.35. The summed E-state index contributed by atoms with van der Waals surface area (Å²) < 4.78 is 2.18. The third-order valence-electron chi connectivity index (χ3n) is 7.79. The first-order valence-corrected chi connectivity index (χ1v) is 12.8. The normalized spacial score (nSPS) is 22.2. The van der Waals surface area contributed by atoms with Crippen molar-refractivity contribution in [2.75, 3.05) is 6.54 Å². The minimum absolute atomic E-state index is 0.0671. The minimum atomic E-state index is 0.0671. The smallest absolute Gasteiger partial charge is 0.254 e. The molecule has 2 aromatic carbocycles. The predicted molar refractivity (Wildman–Crippen MR) is 141 cm³/mol. The molecular formula is C30H37N3O. The molecule has 4 heteroatoms. The Morgan fingerprint density at radius 1 is 1.06 bits per heavy atom. The Morgan fingerprint density at radius 2 is 1.76 bits per heavy atom. The Morgan fingerprint density at radius 3 is 2.44 bits per heavy atom. The first-order valence-electron chi connectivity index (χ1n) is 12.8. The molecule has 2 fully saturated rings. The van der Waals surface area contributed by atoms with Crippen LogP contribution in [0, 0.1) is 6.92 Å². The van der Waals surface area contributed by atoms with Gasteiger partial charge in [-0.2, -0.15) is 0 Å². The summed E-state index contributed by atoms with van der Waals surface area (Å²) in [6.45, 7) is 7.59. The van der Waals surface area contributed by atoms with Crippen LogP contribution in [0.2, 0.25) is 0 Å². The van der Waals surface area contributed by atoms with Crippen LogP contribution in [0.4, 0.5) is 0 Å². The molecule has 0 spiro atoms. The van der Waals surface area contributed by atoms with Crippen LogP contribution in [0.1, 0.15) is 61.9 Å². The molecular weight excluding hydrogens is 418 g/mol. The molecule has 2 atom stereocenters. The van der Waals surface area contributed by atoms with Crippen LogP contribution < -0.4 is 5.32 Å². The molecule has 2 unspecified atom stereocenters. The summed E-state index contributed by atoms with van der Waals surface area (Å²) in [5.74, 6) is 0.0671. The lowest BCUT2D eigenvalue weighted by Crippen LogP contribution is -2.50. The number of carbonyl (C=O) groups is 1. The van der Waals surface area contributed by atoms with Crippen LogP contribution in [0.3, 0.4) is 0 Å². The number of amides is 1. The number of hydrogen-bond acceptors (Lipinski definition) is 2. The first kappa shape index (κ1) is 22.9. The maximum Gasteiger partial charge on any atom is 0.254 e. The Hall–Kier alpha value is -2.85. The van der Waals surface area contributed by atoms with Gasteiger partial charge in [0.05, 0.1) is 11.3 Å². The van der Waals surface area contributed by atoms with Crippen LogP contribution in [-0.4, -0.2) is 40.0 Å². The topological polar surface area (TPSA) is 37.3 Å². The number of carbonyl (C=O) groups excluding carboxylic acids is 1. The summed E-state index contributed by atoms with van der Waals surface area (Å²) in [6.07, 6.45) is 8.11. The molecule has 1 amide bonds. The van der Waals surface area contributed by atoms with Gasteiger partial charge in [-0.1, -0.05) is 53.6 Å². The second kappa shape index (κ2) is 9.42. The molecule has 1 aromatic heterocycles. The van der Waals surface area contributed by atoms with Crippen molar-refractivity contribution >= 4 is 16.8 Å². The van der Waals surface area contributed by atoms with E-state index in [4.69, 9.17) is 0 Å². The second-order valence-electron chi connectivity index (χ2n) is 10.5. The van der Waals surface area contributed by atoms with Crippen molar-refractivity contribution in [3.63, 3.8) is 0 Å². The van der Waals surface area contributed by atoms with Crippen molar-refractivity contribution in [3.05, 3.63) is 71.3 Å². The highest BCUT2D eigenvalue weighted by Gasteiger charge is 2.41. The number of nitrogens with one attached hydrogen (secondary N) is 1. The molecule has 0 radical (unpaired) electrons. The van der Waals surface area contributed by atoms with Gasteiger partial charge in [0.15, 0.2) is 0 Å². The van der Waals surface area contributed by atoms with Crippen LogP contribution in [-0.2, 0) is 7.05 Å². The third-order valence-corrected chi connectivity index (χ3v) is 7.79. The summed E-state index contributed by atoms with van der Waals surface area (Å²) in [4.78, 5) is 16.6. The van der Waals surface area contributed by atoms with E-state index in [-0.39, 0.29) is 11.9 Å². The lowest BCUT2D eigenvalue weighted by atomic mass is 9.96. The number of aryl methyl sites for hydroxylation is 2. The number of rotatable bonds is 6. The second-order valence-corrected chi connectivity index (χ2v) is 10.5. The molecule has 2 saturated heterocycles. The molecule has 0 saturated carbocycles. The quantitative estimate of drug-likeness (QED) is 0.447. The van der Waals surface area contributed by atoms with E-state index in [9.17, 15) is 4.79 Å². The van der Waals surface area contributed by atoms with Gasteiger partial charge in [-0.05, 0) is 70.6 Å². The fraction of sp³-hybridized carbons (Fsp3) is 0.433. The molecule has 4 nitrogen and oxygen atoms in total. The van der Waals surface area contributed by atoms with Crippen molar-refractivity contribution < 1.29 is 4.79 Å². The highest BCUT2D eigenvalue weighted by Crippen LogP contribution is 2.37. The third kappa shape index (κ3) is 4.32. The van der Waals surface area contributed by atoms with E-state index >= 15 is 0 Å². The summed E-state index contributed by atoms with van der Waals surface area (Å²) in [7, 11) is 2.07. The van der Waals surface area contributed by atoms with Crippen molar-refractivity contribution in [3.8, 4) is 11.3 Å². The largest absolute Gasteiger partial charge is 0.349 e. The zero-order valence-electron chi connectivity index (χ0n) is 21.0. The van der Waals surface area contributed by atoms with Gasteiger partial charge in [-0.25, -0.2) is 0 Å². The number of benzene rings is 2. The van der Waals surface area contributed by atoms with Gasteiger partial charge < -0.3 is 9.88 Å². The summed E-state index contributed by atoms with van der Waals surface area (Å²) >= 11 is 0. The number of fused-ring (bicyclic) bond motifs is 3. The van der Waals surface area contributed by atoms with Crippen molar-refractivity contribution in [2.45, 2.75) is 71.0 Å². The Bertz CT molecular complexity index is 1200. The lowest BCUT2D eigenvalue weighted by molar-refractivity contribution is 0.0851. The number of nitrogens with zero attached hydrogens (tertiary/aromatic N) is 2. The maximum atomic E-state index is 13.9. The average Bonchev–Trinajstić information content (AvgIpc) is 3.22. The molecule has 0 aliphatic carbocycles. The van der Waals surface area contributed by atoms with Gasteiger partial charge in [-0.15, -0.1) is 0 Å². The van der Waals surface area contributed by atoms with Crippen LogP contribution in [0.25, 0.3) is 22.2 Å². The van der Waals surface area contributed by atoms with Crippen molar-refractivity contribution in [2.24, 2.45) is 7.05 Å². The van der Waals surface area contributed by atoms with E-state index in [0.29, 0.717) is 12.1 Å². The van der Waals surface area contributed by atoms with E-state index in [2.05, 4.69) is 79.0 Å². The number of allylic oxidation sites excluding steroid dienone is 1. The van der Waals surface area contributed by atoms with Gasteiger partial charge >= 0.3 is 0 Å². The number of piperidine rings is 1. The minimum Gasteiger partial charge on any atom is -0.349 e. The van der Waals surface area contributed by atoms with Crippen molar-refractivity contribution in [1.29, 1.82) is 0 Å². The summed E-state index contributed by atoms with van der Waals surface area (Å²) in [5, 5.41) is 4.52. The van der Waals surface area contributed by atoms with E-state index < -0.39 is 0 Å². The van der Waals surface area contributed by atoms with E-state index in [0.717, 1.165) is 53.5 Å². The number of aromatic nitrogens is 1. The first-order chi connectivity index (χ1) is 16.4. The monoisotopic (exact) mass is 455 g/mol. The molecule has 2 aliphatic heterocycles. The van der Waals surface area contributed by atoms with Gasteiger partial charge in [0, 0.05) is 42.6 Å². The van der Waals surface area contributed by atoms with Gasteiger partial charge in [-0.3, -0.25) is 9.69 Å². The molecule has 1 N–H and O–H groups in total. The standard InChI is InChI=1S/C30H37N3O/c1-20(2)9-8-16-33-24-13-14-25(33)19-23(18-24)31-30(34)28-26-17-21(3)12-15-27(26)32(4)29(28)22-10-6-5-7-11-22/h5-7,9-12,15,17,23-25H,8,13-14,16,18-19H2,1-4H3,(H,31,34). The molecule has 2 bridgehead atoms. The van der Waals surface area contributed by atoms with Crippen LogP contribution in [0.5, 0.6) is 0 Å². The fourth-order valence-electron chi connectivity index (χ4n) is 6.24. The predicted octanol–water partition coefficient (Wildman–Crippen LogP) is 6.24. The Labute approximate surface area is 203 Å². The molecule has 3 aromatic rings. The zero-order chi connectivity index (χ0) is 23.8. The maximum absolute atomic E-state index is 13.9. The van der Waals surface area contributed by atoms with Crippen molar-refractivity contribution in [1.82, 2.24) is 14.8 Å². The SMILES string of the molecule is CC(C)=CCCN1C2CCC1CC(NC(=O)c1c(-c3ccccc3)n(C)c3ccc(C)cc13)C2. The zero-order valence-corrected chi connectivity index (χ0v) is 21.0. The molecule has 34 heavy (non-hydrogen) atoms. The van der Waals surface area contributed by atoms with Gasteiger partial charge in [0.2, 0.25) is 0 Å². The fourth-order valence-corrected chi connectivity index (χ4v) is 6.24. The lowest BCUT2D eigenvalue weighted by Gasteiger charge is -2.39. The average molecular weight is 456 g/mol. The molecule has 5 rings (SSSR count). The van der Waals surface area contributed by atoms with Gasteiger partial charge in [0.25, 0.3) is 5.91 Å². The summed E-state index contributed by atoms with van der Waals surface area (Å²) in [5.41, 5.74) is 6.57. The van der Waals surface area contributed by atoms with E-state index in [1.165, 1.54) is 24.0 Å². The van der Waals surface area contributed by atoms with Crippen LogP contribution in [0.15, 0.2) is 60.2 Å². The highest BCUT2D eigenvalue weighted by molar-refractivity contribution is 6.13. The number of hydrogen-bond donors (Lipinski definition) is 1. The van der Waals surface area contributed by atoms with Crippen LogP contribution >= 0.6 is 0 Å². The summed E-state index contributed by atoms with van der Waals surface area (Å²) in [6, 6.07) is 18.2. The molecule has 3 heterocycles. The van der Waals surface area contributed by atoms with E-state index in [1.807, 2.05) is 18.2 Å². The molecule has 178 valence electrons. The molecule has 2 aliphatic rings.